The van der Waals surface area contributed by atoms with E-state index in [1.807, 2.05) is 0 Å². The summed E-state index contributed by atoms with van der Waals surface area (Å²) in [6, 6.07) is 9.40. The van der Waals surface area contributed by atoms with E-state index in [2.05, 4.69) is 29.6 Å². The molecule has 0 bridgehead atoms. The number of hydrogen-bond donors (Lipinski definition) is 2. The van der Waals surface area contributed by atoms with E-state index in [9.17, 15) is 0 Å². The smallest absolute Gasteiger partial charge is 0.0341 e. The van der Waals surface area contributed by atoms with Crippen molar-refractivity contribution < 1.29 is 0 Å². The zero-order valence-corrected chi connectivity index (χ0v) is 10.9. The molecule has 3 aliphatic rings. The van der Waals surface area contributed by atoms with Crippen LogP contribution in [0.4, 0.5) is 0 Å². The molecule has 96 valence electrons. The first kappa shape index (κ1) is 11.0. The minimum atomic E-state index is 0.231. The van der Waals surface area contributed by atoms with Crippen LogP contribution in [0.1, 0.15) is 55.3 Å². The summed E-state index contributed by atoms with van der Waals surface area (Å²) in [6.45, 7) is 1.21. The summed E-state index contributed by atoms with van der Waals surface area (Å²) in [5, 5.41) is 3.81. The third kappa shape index (κ3) is 1.70. The van der Waals surface area contributed by atoms with Crippen molar-refractivity contribution in [3.8, 4) is 0 Å². The molecule has 2 saturated carbocycles. The minimum Gasteiger partial charge on any atom is -0.324 e. The molecule has 18 heavy (non-hydrogen) atoms. The Labute approximate surface area is 109 Å². The molecule has 0 radical (unpaired) electrons. The Morgan fingerprint density at radius 1 is 1.17 bits per heavy atom. The lowest BCUT2D eigenvalue weighted by Gasteiger charge is -2.20. The van der Waals surface area contributed by atoms with Crippen molar-refractivity contribution in [1.29, 1.82) is 0 Å². The SMILES string of the molecule is NC1CC(NCC2(C3CC3)CC2)c2ccccc21. The summed E-state index contributed by atoms with van der Waals surface area (Å²) >= 11 is 0. The first-order valence-corrected chi connectivity index (χ1v) is 7.36. The fraction of sp³-hybridized carbons (Fsp3) is 0.625. The highest BCUT2D eigenvalue weighted by Gasteiger charge is 2.53. The lowest BCUT2D eigenvalue weighted by molar-refractivity contribution is 0.368. The van der Waals surface area contributed by atoms with E-state index < -0.39 is 0 Å². The average Bonchev–Trinajstić information content (AvgIpc) is 3.26. The normalized spacial score (nSPS) is 32.3. The van der Waals surface area contributed by atoms with E-state index in [4.69, 9.17) is 5.73 Å². The monoisotopic (exact) mass is 242 g/mol. The Morgan fingerprint density at radius 3 is 2.56 bits per heavy atom. The molecule has 0 heterocycles. The summed E-state index contributed by atoms with van der Waals surface area (Å²) < 4.78 is 0. The quantitative estimate of drug-likeness (QED) is 0.852. The molecule has 2 atom stereocenters. The van der Waals surface area contributed by atoms with Crippen molar-refractivity contribution in [1.82, 2.24) is 5.32 Å². The average molecular weight is 242 g/mol. The maximum absolute atomic E-state index is 6.22. The van der Waals surface area contributed by atoms with Gasteiger partial charge in [-0.25, -0.2) is 0 Å². The number of nitrogens with one attached hydrogen (secondary N) is 1. The van der Waals surface area contributed by atoms with Gasteiger partial charge in [-0.2, -0.15) is 0 Å². The highest BCUT2D eigenvalue weighted by atomic mass is 15.0. The Kier molecular flexibility index (Phi) is 2.33. The van der Waals surface area contributed by atoms with E-state index in [-0.39, 0.29) is 6.04 Å². The second kappa shape index (κ2) is 3.82. The van der Waals surface area contributed by atoms with Crippen molar-refractivity contribution >= 4 is 0 Å². The van der Waals surface area contributed by atoms with E-state index in [1.54, 1.807) is 0 Å². The summed E-state index contributed by atoms with van der Waals surface area (Å²) in [5.74, 6) is 1.04. The summed E-state index contributed by atoms with van der Waals surface area (Å²) in [6.07, 6.45) is 6.92. The standard InChI is InChI=1S/C16H22N2/c17-14-9-15(13-4-2-1-3-12(13)14)18-10-16(7-8-16)11-5-6-11/h1-4,11,14-15,18H,5-10,17H2. The van der Waals surface area contributed by atoms with Crippen LogP contribution < -0.4 is 11.1 Å². The molecule has 2 nitrogen and oxygen atoms in total. The summed E-state index contributed by atoms with van der Waals surface area (Å²) in [5.41, 5.74) is 9.70. The molecule has 1 aromatic carbocycles. The third-order valence-corrected chi connectivity index (χ3v) is 5.30. The zero-order chi connectivity index (χ0) is 12.2. The molecule has 2 fully saturated rings. The Balaban J connectivity index is 1.47. The number of fused-ring (bicyclic) bond motifs is 1. The molecule has 0 amide bonds. The van der Waals surface area contributed by atoms with Crippen LogP contribution in [0.2, 0.25) is 0 Å². The van der Waals surface area contributed by atoms with Crippen LogP contribution in [0.3, 0.4) is 0 Å². The lowest BCUT2D eigenvalue weighted by atomic mass is 9.99. The van der Waals surface area contributed by atoms with Gasteiger partial charge in [0, 0.05) is 18.6 Å². The van der Waals surface area contributed by atoms with E-state index in [0.29, 0.717) is 11.5 Å². The van der Waals surface area contributed by atoms with Gasteiger partial charge in [0.2, 0.25) is 0 Å². The summed E-state index contributed by atoms with van der Waals surface area (Å²) in [4.78, 5) is 0. The largest absolute Gasteiger partial charge is 0.324 e. The fourth-order valence-electron chi connectivity index (χ4n) is 3.78. The van der Waals surface area contributed by atoms with Crippen LogP contribution in [-0.2, 0) is 0 Å². The number of rotatable bonds is 4. The van der Waals surface area contributed by atoms with Crippen LogP contribution in [0.25, 0.3) is 0 Å². The third-order valence-electron chi connectivity index (χ3n) is 5.30. The van der Waals surface area contributed by atoms with Crippen molar-refractivity contribution in [3.63, 3.8) is 0 Å². The molecule has 2 unspecified atom stereocenters. The second-order valence-corrected chi connectivity index (χ2v) is 6.54. The summed E-state index contributed by atoms with van der Waals surface area (Å²) in [7, 11) is 0. The number of hydrogen-bond acceptors (Lipinski definition) is 2. The molecule has 4 rings (SSSR count). The van der Waals surface area contributed by atoms with Gasteiger partial charge in [-0.3, -0.25) is 0 Å². The highest BCUT2D eigenvalue weighted by Crippen LogP contribution is 2.61. The van der Waals surface area contributed by atoms with E-state index in [0.717, 1.165) is 12.3 Å². The van der Waals surface area contributed by atoms with Gasteiger partial charge in [-0.1, -0.05) is 24.3 Å². The van der Waals surface area contributed by atoms with Crippen molar-refractivity contribution in [3.05, 3.63) is 35.4 Å². The fourth-order valence-corrected chi connectivity index (χ4v) is 3.78. The van der Waals surface area contributed by atoms with Gasteiger partial charge in [-0.05, 0) is 54.6 Å². The molecule has 0 spiro atoms. The van der Waals surface area contributed by atoms with Gasteiger partial charge in [0.15, 0.2) is 0 Å². The molecule has 3 aliphatic carbocycles. The highest BCUT2D eigenvalue weighted by molar-refractivity contribution is 5.37. The lowest BCUT2D eigenvalue weighted by Crippen LogP contribution is -2.28. The Morgan fingerprint density at radius 2 is 1.89 bits per heavy atom. The molecule has 1 aromatic rings. The van der Waals surface area contributed by atoms with Gasteiger partial charge < -0.3 is 11.1 Å². The zero-order valence-electron chi connectivity index (χ0n) is 10.9. The van der Waals surface area contributed by atoms with Crippen molar-refractivity contribution in [2.24, 2.45) is 17.1 Å². The Bertz CT molecular complexity index is 460. The van der Waals surface area contributed by atoms with Crippen LogP contribution in [-0.4, -0.2) is 6.54 Å². The maximum Gasteiger partial charge on any atom is 0.0341 e. The van der Waals surface area contributed by atoms with Gasteiger partial charge in [0.05, 0.1) is 0 Å². The first-order chi connectivity index (χ1) is 8.78. The molecule has 0 aliphatic heterocycles. The number of nitrogens with two attached hydrogens (primary N) is 1. The molecule has 0 saturated heterocycles. The van der Waals surface area contributed by atoms with Crippen LogP contribution in [0, 0.1) is 11.3 Å². The van der Waals surface area contributed by atoms with Crippen LogP contribution >= 0.6 is 0 Å². The number of benzene rings is 1. The topological polar surface area (TPSA) is 38.0 Å². The molecular formula is C16H22N2. The molecule has 0 aromatic heterocycles. The second-order valence-electron chi connectivity index (χ2n) is 6.54. The Hall–Kier alpha value is -0.860. The minimum absolute atomic E-state index is 0.231. The van der Waals surface area contributed by atoms with E-state index >= 15 is 0 Å². The van der Waals surface area contributed by atoms with Crippen molar-refractivity contribution in [2.45, 2.75) is 44.2 Å². The van der Waals surface area contributed by atoms with Gasteiger partial charge >= 0.3 is 0 Å². The van der Waals surface area contributed by atoms with Gasteiger partial charge in [0.25, 0.3) is 0 Å². The van der Waals surface area contributed by atoms with Gasteiger partial charge in [-0.15, -0.1) is 0 Å². The van der Waals surface area contributed by atoms with Crippen molar-refractivity contribution in [2.75, 3.05) is 6.54 Å². The predicted molar refractivity (Wildman–Crippen MR) is 73.1 cm³/mol. The predicted octanol–water partition coefficient (Wildman–Crippen LogP) is 2.91. The molecule has 2 heteroatoms. The molecule has 3 N–H and O–H groups in total. The maximum atomic E-state index is 6.22. The molecular weight excluding hydrogens is 220 g/mol. The van der Waals surface area contributed by atoms with Gasteiger partial charge in [0.1, 0.15) is 0 Å². The van der Waals surface area contributed by atoms with Crippen LogP contribution in [0.5, 0.6) is 0 Å². The van der Waals surface area contributed by atoms with Crippen LogP contribution in [0.15, 0.2) is 24.3 Å². The first-order valence-electron chi connectivity index (χ1n) is 7.36. The van der Waals surface area contributed by atoms with E-state index in [1.165, 1.54) is 43.4 Å².